The third kappa shape index (κ3) is 6.36. The van der Waals surface area contributed by atoms with Gasteiger partial charge in [0.15, 0.2) is 23.6 Å². The van der Waals surface area contributed by atoms with E-state index in [0.717, 1.165) is 18.4 Å². The lowest BCUT2D eigenvalue weighted by Gasteiger charge is -2.20. The Morgan fingerprint density at radius 2 is 1.32 bits per heavy atom. The Hall–Kier alpha value is -4.66. The second-order valence-electron chi connectivity index (χ2n) is 8.03. The molecule has 0 aromatic heterocycles. The van der Waals surface area contributed by atoms with Gasteiger partial charge in [-0.05, 0) is 48.4 Å². The number of aldehydes is 1. The van der Waals surface area contributed by atoms with Crippen molar-refractivity contribution in [2.75, 3.05) is 0 Å². The van der Waals surface area contributed by atoms with Crippen LogP contribution in [0.4, 0.5) is 0 Å². The molecule has 4 aromatic carbocycles. The summed E-state index contributed by atoms with van der Waals surface area (Å²) in [5.74, 6) is 0.653. The van der Waals surface area contributed by atoms with Gasteiger partial charge in [-0.1, -0.05) is 74.0 Å². The lowest BCUT2D eigenvalue weighted by Crippen LogP contribution is -2.09. The molecule has 0 N–H and O–H groups in total. The van der Waals surface area contributed by atoms with Gasteiger partial charge < -0.3 is 18.3 Å². The van der Waals surface area contributed by atoms with Crippen molar-refractivity contribution in [3.63, 3.8) is 0 Å². The van der Waals surface area contributed by atoms with Crippen molar-refractivity contribution in [3.05, 3.63) is 119 Å². The number of carbonyl (C=O) groups is 2. The molecule has 0 heterocycles. The maximum absolute atomic E-state index is 13.6. The standard InChI is InChI=1S/C30H24NO6P/c1-2-11-22-12-3-5-14-24(22)30(33)25-15-6-8-17-27(25)36-38(35-26-16-7-4-13-23(26)20-32)37-29-19-10-9-18-28(29)34-21-31/h3-10,12-20H,2,11H2,1H3. The van der Waals surface area contributed by atoms with Crippen LogP contribution in [-0.4, -0.2) is 12.1 Å². The Labute approximate surface area is 222 Å². The zero-order valence-corrected chi connectivity index (χ0v) is 21.5. The topological polar surface area (TPSA) is 94.8 Å². The smallest absolute Gasteiger partial charge is 0.408 e. The molecule has 8 heteroatoms. The molecule has 4 rings (SSSR count). The van der Waals surface area contributed by atoms with E-state index in [1.165, 1.54) is 0 Å². The van der Waals surface area contributed by atoms with Crippen LogP contribution >= 0.6 is 8.60 Å². The molecule has 0 amide bonds. The Morgan fingerprint density at radius 3 is 2.03 bits per heavy atom. The monoisotopic (exact) mass is 525 g/mol. The van der Waals surface area contributed by atoms with Gasteiger partial charge in [-0.2, -0.15) is 0 Å². The summed E-state index contributed by atoms with van der Waals surface area (Å²) in [5.41, 5.74) is 2.18. The average Bonchev–Trinajstić information content (AvgIpc) is 2.95. The van der Waals surface area contributed by atoms with Gasteiger partial charge in [0.1, 0.15) is 11.5 Å². The van der Waals surface area contributed by atoms with E-state index in [1.54, 1.807) is 85.1 Å². The van der Waals surface area contributed by atoms with Crippen LogP contribution in [0.25, 0.3) is 0 Å². The highest BCUT2D eigenvalue weighted by Crippen LogP contribution is 2.46. The number of ether oxygens (including phenoxy) is 1. The molecule has 0 saturated heterocycles. The third-order valence-corrected chi connectivity index (χ3v) is 6.52. The van der Waals surface area contributed by atoms with Crippen LogP contribution in [0.5, 0.6) is 23.0 Å². The van der Waals surface area contributed by atoms with Crippen LogP contribution in [-0.2, 0) is 6.42 Å². The van der Waals surface area contributed by atoms with E-state index in [1.807, 2.05) is 18.2 Å². The maximum atomic E-state index is 13.6. The molecule has 0 spiro atoms. The van der Waals surface area contributed by atoms with E-state index in [2.05, 4.69) is 6.92 Å². The van der Waals surface area contributed by atoms with Gasteiger partial charge in [0, 0.05) is 5.56 Å². The largest absolute Gasteiger partial charge is 0.530 e. The quantitative estimate of drug-likeness (QED) is 0.0828. The first-order valence-electron chi connectivity index (χ1n) is 11.9. The van der Waals surface area contributed by atoms with Gasteiger partial charge >= 0.3 is 8.60 Å². The molecule has 0 radical (unpaired) electrons. The Morgan fingerprint density at radius 1 is 0.763 bits per heavy atom. The minimum absolute atomic E-state index is 0.163. The number of aryl methyl sites for hydroxylation is 1. The predicted molar refractivity (Wildman–Crippen MR) is 144 cm³/mol. The first-order chi connectivity index (χ1) is 18.6. The van der Waals surface area contributed by atoms with Gasteiger partial charge in [0.05, 0.1) is 11.1 Å². The highest BCUT2D eigenvalue weighted by molar-refractivity contribution is 7.43. The molecule has 0 saturated carbocycles. The lowest BCUT2D eigenvalue weighted by atomic mass is 9.95. The molecule has 1 atom stereocenters. The van der Waals surface area contributed by atoms with Crippen molar-refractivity contribution in [2.24, 2.45) is 0 Å². The van der Waals surface area contributed by atoms with Crippen molar-refractivity contribution in [2.45, 2.75) is 19.8 Å². The zero-order chi connectivity index (χ0) is 26.7. The summed E-state index contributed by atoms with van der Waals surface area (Å²) in [5, 5.41) is 9.02. The molecule has 1 unspecified atom stereocenters. The molecule has 0 aliphatic rings. The number of rotatable bonds is 12. The number of hydrogen-bond donors (Lipinski definition) is 0. The summed E-state index contributed by atoms with van der Waals surface area (Å²) >= 11 is 0. The fourth-order valence-electron chi connectivity index (χ4n) is 3.72. The van der Waals surface area contributed by atoms with Crippen LogP contribution in [0.3, 0.4) is 0 Å². The highest BCUT2D eigenvalue weighted by Gasteiger charge is 2.26. The number of ketones is 1. The molecular weight excluding hydrogens is 501 g/mol. The van der Waals surface area contributed by atoms with Crippen molar-refractivity contribution in [1.82, 2.24) is 0 Å². The minimum atomic E-state index is -2.26. The lowest BCUT2D eigenvalue weighted by molar-refractivity contribution is 0.103. The summed E-state index contributed by atoms with van der Waals surface area (Å²) in [6, 6.07) is 27.5. The van der Waals surface area contributed by atoms with E-state index in [9.17, 15) is 9.59 Å². The molecule has 0 aliphatic heterocycles. The van der Waals surface area contributed by atoms with Crippen molar-refractivity contribution < 1.29 is 27.9 Å². The number of carbonyl (C=O) groups excluding carboxylic acids is 2. The highest BCUT2D eigenvalue weighted by atomic mass is 31.2. The van der Waals surface area contributed by atoms with Crippen molar-refractivity contribution in [1.29, 1.82) is 5.26 Å². The molecule has 0 fully saturated rings. The van der Waals surface area contributed by atoms with Crippen molar-refractivity contribution >= 4 is 20.7 Å². The number of nitriles is 1. The molecule has 190 valence electrons. The number of hydrogen-bond acceptors (Lipinski definition) is 7. The maximum Gasteiger partial charge on any atom is 0.530 e. The molecule has 38 heavy (non-hydrogen) atoms. The van der Waals surface area contributed by atoms with Crippen LogP contribution in [0.1, 0.15) is 45.2 Å². The first kappa shape index (κ1) is 26.4. The molecular formula is C30H24NO6P. The molecule has 0 aliphatic carbocycles. The van der Waals surface area contributed by atoms with E-state index >= 15 is 0 Å². The van der Waals surface area contributed by atoms with Crippen LogP contribution in [0.15, 0.2) is 97.1 Å². The average molecular weight is 525 g/mol. The van der Waals surface area contributed by atoms with Crippen LogP contribution < -0.4 is 18.3 Å². The zero-order valence-electron chi connectivity index (χ0n) is 20.6. The van der Waals surface area contributed by atoms with Gasteiger partial charge in [0.2, 0.25) is 0 Å². The van der Waals surface area contributed by atoms with Gasteiger partial charge in [-0.25, -0.2) is 0 Å². The molecule has 4 aromatic rings. The molecule has 7 nitrogen and oxygen atoms in total. The van der Waals surface area contributed by atoms with E-state index in [0.29, 0.717) is 23.0 Å². The summed E-state index contributed by atoms with van der Waals surface area (Å²) in [6.45, 7) is 2.06. The predicted octanol–water partition coefficient (Wildman–Crippen LogP) is 7.31. The summed E-state index contributed by atoms with van der Waals surface area (Å²) < 4.78 is 23.2. The normalized spacial score (nSPS) is 11.1. The summed E-state index contributed by atoms with van der Waals surface area (Å²) in [6.07, 6.45) is 3.96. The number of nitrogens with zero attached hydrogens (tertiary/aromatic N) is 1. The Balaban J connectivity index is 1.71. The fourth-order valence-corrected chi connectivity index (χ4v) is 4.79. The Bertz CT molecular complexity index is 1470. The third-order valence-electron chi connectivity index (χ3n) is 5.48. The van der Waals surface area contributed by atoms with Gasteiger partial charge in [0.25, 0.3) is 6.26 Å². The minimum Gasteiger partial charge on any atom is -0.408 e. The van der Waals surface area contributed by atoms with Crippen LogP contribution in [0.2, 0.25) is 0 Å². The fraction of sp³-hybridized carbons (Fsp3) is 0.100. The second kappa shape index (κ2) is 13.0. The SMILES string of the molecule is CCCc1ccccc1C(=O)c1ccccc1OP(Oc1ccccc1C=O)Oc1ccccc1OC#N. The number of benzene rings is 4. The van der Waals surface area contributed by atoms with Crippen LogP contribution in [0, 0.1) is 11.5 Å². The summed E-state index contributed by atoms with van der Waals surface area (Å²) in [7, 11) is -2.26. The second-order valence-corrected chi connectivity index (χ2v) is 9.02. The van der Waals surface area contributed by atoms with E-state index in [-0.39, 0.29) is 28.8 Å². The Kier molecular flexibility index (Phi) is 9.07. The summed E-state index contributed by atoms with van der Waals surface area (Å²) in [4.78, 5) is 25.2. The van der Waals surface area contributed by atoms with Crippen molar-refractivity contribution in [3.8, 4) is 29.3 Å². The van der Waals surface area contributed by atoms with Gasteiger partial charge in [-0.15, -0.1) is 5.26 Å². The first-order valence-corrected chi connectivity index (χ1v) is 13.0. The molecule has 0 bridgehead atoms. The van der Waals surface area contributed by atoms with E-state index < -0.39 is 8.60 Å². The van der Waals surface area contributed by atoms with E-state index in [4.69, 9.17) is 23.6 Å². The van der Waals surface area contributed by atoms with Gasteiger partial charge in [-0.3, -0.25) is 9.59 Å². The number of para-hydroxylation sites is 4.